The zero-order valence-corrected chi connectivity index (χ0v) is 12.1. The van der Waals surface area contributed by atoms with E-state index in [4.69, 9.17) is 0 Å². The van der Waals surface area contributed by atoms with Crippen LogP contribution < -0.4 is 5.32 Å². The molecule has 84 valence electrons. The van der Waals surface area contributed by atoms with Crippen molar-refractivity contribution in [2.45, 2.75) is 31.6 Å². The molecule has 1 heterocycles. The lowest BCUT2D eigenvalue weighted by atomic mass is 9.92. The Balaban J connectivity index is 2.51. The first-order valence-electron chi connectivity index (χ1n) is 4.71. The Morgan fingerprint density at radius 1 is 1.60 bits per heavy atom. The van der Waals surface area contributed by atoms with E-state index in [-0.39, 0.29) is 11.3 Å². The Labute approximate surface area is 108 Å². The normalized spacial score (nSPS) is 11.5. The molecule has 0 spiro atoms. The Kier molecular flexibility index (Phi) is 4.51. The summed E-state index contributed by atoms with van der Waals surface area (Å²) in [5, 5.41) is 5.49. The van der Waals surface area contributed by atoms with Crippen molar-refractivity contribution < 1.29 is 4.79 Å². The van der Waals surface area contributed by atoms with Crippen LogP contribution in [0.1, 0.15) is 32.9 Å². The molecule has 1 amide bonds. The lowest BCUT2D eigenvalue weighted by Crippen LogP contribution is -2.19. The van der Waals surface area contributed by atoms with Crippen molar-refractivity contribution in [1.29, 1.82) is 0 Å². The zero-order valence-electron chi connectivity index (χ0n) is 9.13. The second-order valence-electron chi connectivity index (χ2n) is 4.56. The number of anilines is 1. The number of halogens is 1. The van der Waals surface area contributed by atoms with Crippen LogP contribution in [0.2, 0.25) is 0 Å². The summed E-state index contributed by atoms with van der Waals surface area (Å²) >= 11 is 3.73. The highest BCUT2D eigenvalue weighted by molar-refractivity contribution is 14.1. The number of carbonyl (C=O) groups is 1. The molecular formula is C10H15IN2OS. The number of thiazole rings is 1. The van der Waals surface area contributed by atoms with E-state index in [2.05, 4.69) is 32.9 Å². The lowest BCUT2D eigenvalue weighted by Gasteiger charge is -2.16. The van der Waals surface area contributed by atoms with E-state index in [1.165, 1.54) is 11.3 Å². The third-order valence-corrected chi connectivity index (χ3v) is 3.21. The fraction of sp³-hybridized carbons (Fsp3) is 0.600. The fourth-order valence-electron chi connectivity index (χ4n) is 1.07. The van der Waals surface area contributed by atoms with Gasteiger partial charge in [0.15, 0.2) is 5.13 Å². The van der Waals surface area contributed by atoms with Gasteiger partial charge in [0.1, 0.15) is 0 Å². The van der Waals surface area contributed by atoms with Gasteiger partial charge in [-0.25, -0.2) is 4.98 Å². The van der Waals surface area contributed by atoms with E-state index in [0.717, 1.165) is 10.1 Å². The maximum Gasteiger partial charge on any atom is 0.226 e. The summed E-state index contributed by atoms with van der Waals surface area (Å²) in [6, 6.07) is 0. The van der Waals surface area contributed by atoms with E-state index < -0.39 is 0 Å². The molecule has 0 fully saturated rings. The summed E-state index contributed by atoms with van der Waals surface area (Å²) in [6.45, 7) is 6.14. The summed E-state index contributed by atoms with van der Waals surface area (Å²) in [5.74, 6) is 0.0388. The first kappa shape index (κ1) is 12.9. The third-order valence-electron chi connectivity index (χ3n) is 1.63. The van der Waals surface area contributed by atoms with Gasteiger partial charge in [-0.2, -0.15) is 0 Å². The van der Waals surface area contributed by atoms with Crippen molar-refractivity contribution in [3.63, 3.8) is 0 Å². The smallest absolute Gasteiger partial charge is 0.226 e. The number of rotatable bonds is 3. The van der Waals surface area contributed by atoms with Crippen LogP contribution in [-0.2, 0) is 9.22 Å². The molecule has 1 aromatic heterocycles. The molecule has 15 heavy (non-hydrogen) atoms. The quantitative estimate of drug-likeness (QED) is 0.678. The van der Waals surface area contributed by atoms with E-state index >= 15 is 0 Å². The van der Waals surface area contributed by atoms with Gasteiger partial charge in [-0.15, -0.1) is 11.3 Å². The average molecular weight is 338 g/mol. The van der Waals surface area contributed by atoms with Crippen LogP contribution in [0, 0.1) is 5.41 Å². The van der Waals surface area contributed by atoms with Gasteiger partial charge in [0.25, 0.3) is 0 Å². The fourth-order valence-corrected chi connectivity index (χ4v) is 2.49. The third kappa shape index (κ3) is 4.92. The van der Waals surface area contributed by atoms with E-state index in [1.807, 2.05) is 26.2 Å². The molecule has 0 aliphatic heterocycles. The summed E-state index contributed by atoms with van der Waals surface area (Å²) in [5.41, 5.74) is 1.04. The van der Waals surface area contributed by atoms with Crippen molar-refractivity contribution in [2.75, 3.05) is 5.32 Å². The molecule has 0 bridgehead atoms. The first-order valence-corrected chi connectivity index (χ1v) is 7.11. The number of aromatic nitrogens is 1. The molecule has 0 aliphatic carbocycles. The predicted molar refractivity (Wildman–Crippen MR) is 72.5 cm³/mol. The molecule has 0 saturated carbocycles. The summed E-state index contributed by atoms with van der Waals surface area (Å²) < 4.78 is 0.878. The van der Waals surface area contributed by atoms with E-state index in [9.17, 15) is 4.79 Å². The van der Waals surface area contributed by atoms with Crippen LogP contribution in [-0.4, -0.2) is 10.9 Å². The predicted octanol–water partition coefficient (Wildman–Crippen LogP) is 3.45. The van der Waals surface area contributed by atoms with Crippen LogP contribution >= 0.6 is 33.9 Å². The second kappa shape index (κ2) is 5.25. The largest absolute Gasteiger partial charge is 0.302 e. The lowest BCUT2D eigenvalue weighted by molar-refractivity contribution is -0.117. The number of hydrogen-bond acceptors (Lipinski definition) is 3. The number of amides is 1. The topological polar surface area (TPSA) is 42.0 Å². The van der Waals surface area contributed by atoms with Crippen LogP contribution in [0.25, 0.3) is 0 Å². The van der Waals surface area contributed by atoms with Crippen LogP contribution in [0.4, 0.5) is 5.13 Å². The Morgan fingerprint density at radius 3 is 2.73 bits per heavy atom. The molecule has 0 unspecified atom stereocenters. The summed E-state index contributed by atoms with van der Waals surface area (Å²) in [7, 11) is 0. The monoisotopic (exact) mass is 338 g/mol. The Hall–Kier alpha value is -0.170. The van der Waals surface area contributed by atoms with E-state index in [1.54, 1.807) is 0 Å². The number of alkyl halides is 1. The number of nitrogens with one attached hydrogen (secondary N) is 1. The average Bonchev–Trinajstić information content (AvgIpc) is 2.48. The summed E-state index contributed by atoms with van der Waals surface area (Å²) in [6.07, 6.45) is 0.520. The molecule has 3 nitrogen and oxygen atoms in total. The Bertz CT molecular complexity index is 343. The van der Waals surface area contributed by atoms with E-state index in [0.29, 0.717) is 11.6 Å². The molecule has 1 aromatic rings. The zero-order chi connectivity index (χ0) is 11.5. The molecule has 5 heteroatoms. The highest BCUT2D eigenvalue weighted by Crippen LogP contribution is 2.21. The van der Waals surface area contributed by atoms with Crippen LogP contribution in [0.5, 0.6) is 0 Å². The standard InChI is InChI=1S/C10H15IN2OS/c1-10(2,3)4-8(14)13-9-12-7(5-11)6-15-9/h6H,4-5H2,1-3H3,(H,12,13,14). The summed E-state index contributed by atoms with van der Waals surface area (Å²) in [4.78, 5) is 15.9. The van der Waals surface area contributed by atoms with Crippen LogP contribution in [0.3, 0.4) is 0 Å². The minimum absolute atomic E-state index is 0.0213. The second-order valence-corrected chi connectivity index (χ2v) is 6.18. The molecule has 1 N–H and O–H groups in total. The number of carbonyl (C=O) groups excluding carboxylic acids is 1. The molecule has 0 radical (unpaired) electrons. The molecule has 0 aromatic carbocycles. The van der Waals surface area contributed by atoms with Gasteiger partial charge in [0.2, 0.25) is 5.91 Å². The van der Waals surface area contributed by atoms with Gasteiger partial charge in [0.05, 0.1) is 5.69 Å². The van der Waals surface area contributed by atoms with Gasteiger partial charge in [0, 0.05) is 16.2 Å². The van der Waals surface area contributed by atoms with Gasteiger partial charge >= 0.3 is 0 Å². The van der Waals surface area contributed by atoms with Crippen molar-refractivity contribution >= 4 is 45.0 Å². The van der Waals surface area contributed by atoms with Crippen molar-refractivity contribution in [2.24, 2.45) is 5.41 Å². The molecule has 1 rings (SSSR count). The highest BCUT2D eigenvalue weighted by atomic mass is 127. The number of nitrogens with zero attached hydrogens (tertiary/aromatic N) is 1. The van der Waals surface area contributed by atoms with Crippen LogP contribution in [0.15, 0.2) is 5.38 Å². The Morgan fingerprint density at radius 2 is 2.27 bits per heavy atom. The van der Waals surface area contributed by atoms with Gasteiger partial charge in [-0.05, 0) is 5.41 Å². The molecule has 0 saturated heterocycles. The van der Waals surface area contributed by atoms with Gasteiger partial charge in [-0.3, -0.25) is 4.79 Å². The SMILES string of the molecule is CC(C)(C)CC(=O)Nc1nc(CI)cs1. The van der Waals surface area contributed by atoms with Gasteiger partial charge < -0.3 is 5.32 Å². The maximum atomic E-state index is 11.6. The van der Waals surface area contributed by atoms with Gasteiger partial charge in [-0.1, -0.05) is 43.4 Å². The van der Waals surface area contributed by atoms with Crippen molar-refractivity contribution in [1.82, 2.24) is 4.98 Å². The minimum atomic E-state index is 0.0213. The highest BCUT2D eigenvalue weighted by Gasteiger charge is 2.16. The van der Waals surface area contributed by atoms with Crippen molar-refractivity contribution in [3.05, 3.63) is 11.1 Å². The maximum absolute atomic E-state index is 11.6. The molecule has 0 atom stereocenters. The van der Waals surface area contributed by atoms with Crippen molar-refractivity contribution in [3.8, 4) is 0 Å². The molecule has 0 aliphatic rings. The first-order chi connectivity index (χ1) is 6.90. The number of hydrogen-bond donors (Lipinski definition) is 1. The minimum Gasteiger partial charge on any atom is -0.302 e. The molecular weight excluding hydrogens is 323 g/mol.